The predicted molar refractivity (Wildman–Crippen MR) is 110 cm³/mol. The molecule has 3 aromatic rings. The van der Waals surface area contributed by atoms with Gasteiger partial charge >= 0.3 is 0 Å². The van der Waals surface area contributed by atoms with Crippen LogP contribution in [0.2, 0.25) is 0 Å². The number of furan rings is 1. The molecular weight excluding hydrogens is 390 g/mol. The Labute approximate surface area is 171 Å². The van der Waals surface area contributed by atoms with E-state index in [0.717, 1.165) is 17.7 Å². The molecule has 7 nitrogen and oxygen atoms in total. The quantitative estimate of drug-likeness (QED) is 0.653. The highest BCUT2D eigenvalue weighted by Crippen LogP contribution is 2.31. The van der Waals surface area contributed by atoms with Crippen LogP contribution in [0.25, 0.3) is 0 Å². The van der Waals surface area contributed by atoms with E-state index in [1.165, 1.54) is 23.9 Å². The number of nitrogens with zero attached hydrogens (tertiary/aromatic N) is 1. The van der Waals surface area contributed by atoms with Crippen LogP contribution in [0.4, 0.5) is 11.4 Å². The minimum atomic E-state index is -0.180. The number of hydrogen-bond donors (Lipinski definition) is 2. The summed E-state index contributed by atoms with van der Waals surface area (Å²) in [6.45, 7) is 0.853. The first-order valence-electron chi connectivity index (χ1n) is 9.20. The fourth-order valence-corrected chi connectivity index (χ4v) is 3.88. The summed E-state index contributed by atoms with van der Waals surface area (Å²) in [6.07, 6.45) is 3.82. The third-order valence-electron chi connectivity index (χ3n) is 4.65. The van der Waals surface area contributed by atoms with Crippen LogP contribution in [0.5, 0.6) is 0 Å². The number of thiophene rings is 1. The van der Waals surface area contributed by atoms with Crippen LogP contribution < -0.4 is 15.5 Å². The maximum absolute atomic E-state index is 12.6. The van der Waals surface area contributed by atoms with Crippen molar-refractivity contribution in [2.75, 3.05) is 23.3 Å². The molecule has 3 heterocycles. The Balaban J connectivity index is 1.32. The molecule has 3 amide bonds. The topological polar surface area (TPSA) is 91.7 Å². The largest absolute Gasteiger partial charge is 0.472 e. The van der Waals surface area contributed by atoms with Gasteiger partial charge in [0, 0.05) is 30.9 Å². The molecule has 0 aliphatic carbocycles. The van der Waals surface area contributed by atoms with Crippen molar-refractivity contribution < 1.29 is 18.8 Å². The Morgan fingerprint density at radius 3 is 2.83 bits per heavy atom. The minimum absolute atomic E-state index is 0.101. The molecule has 1 aliphatic rings. The van der Waals surface area contributed by atoms with Gasteiger partial charge in [-0.1, -0.05) is 6.07 Å². The Morgan fingerprint density at radius 2 is 2.07 bits per heavy atom. The SMILES string of the molecule is O=C(CCNC(=O)c1cccs1)Nc1ccc2c(c1)CCN2C(=O)c1ccoc1. The Morgan fingerprint density at radius 1 is 1.17 bits per heavy atom. The number of hydrogen-bond acceptors (Lipinski definition) is 5. The zero-order valence-electron chi connectivity index (χ0n) is 15.5. The van der Waals surface area contributed by atoms with Gasteiger partial charge in [-0.05, 0) is 47.7 Å². The van der Waals surface area contributed by atoms with Crippen LogP contribution >= 0.6 is 11.3 Å². The summed E-state index contributed by atoms with van der Waals surface area (Å²) in [6, 6.07) is 10.7. The van der Waals surface area contributed by atoms with E-state index in [1.54, 1.807) is 23.1 Å². The van der Waals surface area contributed by atoms with Crippen molar-refractivity contribution >= 4 is 40.4 Å². The number of rotatable bonds is 6. The number of carbonyl (C=O) groups is 3. The molecule has 0 bridgehead atoms. The second kappa shape index (κ2) is 8.32. The lowest BCUT2D eigenvalue weighted by atomic mass is 10.1. The van der Waals surface area contributed by atoms with Crippen molar-refractivity contribution in [3.63, 3.8) is 0 Å². The van der Waals surface area contributed by atoms with E-state index in [4.69, 9.17) is 4.42 Å². The second-order valence-electron chi connectivity index (χ2n) is 6.59. The molecule has 4 rings (SSSR count). The molecule has 1 aromatic carbocycles. The van der Waals surface area contributed by atoms with Gasteiger partial charge in [-0.2, -0.15) is 0 Å². The average molecular weight is 409 g/mol. The molecule has 0 fully saturated rings. The molecule has 0 radical (unpaired) electrons. The summed E-state index contributed by atoms with van der Waals surface area (Å²) < 4.78 is 4.99. The van der Waals surface area contributed by atoms with E-state index in [0.29, 0.717) is 22.7 Å². The molecule has 148 valence electrons. The number of nitrogens with one attached hydrogen (secondary N) is 2. The second-order valence-corrected chi connectivity index (χ2v) is 7.54. The van der Waals surface area contributed by atoms with Gasteiger partial charge in [0.1, 0.15) is 6.26 Å². The van der Waals surface area contributed by atoms with E-state index in [-0.39, 0.29) is 30.7 Å². The predicted octanol–water partition coefficient (Wildman–Crippen LogP) is 3.30. The first-order valence-corrected chi connectivity index (χ1v) is 10.1. The molecule has 0 saturated carbocycles. The van der Waals surface area contributed by atoms with Gasteiger partial charge in [0.25, 0.3) is 11.8 Å². The average Bonchev–Trinajstić information content (AvgIpc) is 3.48. The molecule has 2 aromatic heterocycles. The van der Waals surface area contributed by atoms with E-state index < -0.39 is 0 Å². The molecular formula is C21H19N3O4S. The van der Waals surface area contributed by atoms with Crippen molar-refractivity contribution in [1.82, 2.24) is 5.32 Å². The summed E-state index contributed by atoms with van der Waals surface area (Å²) in [7, 11) is 0. The molecule has 2 N–H and O–H groups in total. The maximum Gasteiger partial charge on any atom is 0.261 e. The van der Waals surface area contributed by atoms with Gasteiger partial charge in [0.05, 0.1) is 16.7 Å². The Hall–Kier alpha value is -3.39. The van der Waals surface area contributed by atoms with Gasteiger partial charge in [-0.25, -0.2) is 0 Å². The number of benzene rings is 1. The number of carbonyl (C=O) groups excluding carboxylic acids is 3. The van der Waals surface area contributed by atoms with Gasteiger partial charge in [-0.3, -0.25) is 14.4 Å². The normalized spacial score (nSPS) is 12.5. The highest BCUT2D eigenvalue weighted by atomic mass is 32.1. The van der Waals surface area contributed by atoms with Crippen LogP contribution in [0.1, 0.15) is 32.0 Å². The fraction of sp³-hybridized carbons (Fsp3) is 0.190. The van der Waals surface area contributed by atoms with Crippen molar-refractivity contribution in [2.24, 2.45) is 0 Å². The third kappa shape index (κ3) is 4.22. The van der Waals surface area contributed by atoms with Crippen LogP contribution in [-0.2, 0) is 11.2 Å². The summed E-state index contributed by atoms with van der Waals surface area (Å²) in [5.74, 6) is -0.454. The number of fused-ring (bicyclic) bond motifs is 1. The monoisotopic (exact) mass is 409 g/mol. The van der Waals surface area contributed by atoms with Gasteiger partial charge < -0.3 is 20.0 Å². The highest BCUT2D eigenvalue weighted by Gasteiger charge is 2.26. The van der Waals surface area contributed by atoms with Crippen molar-refractivity contribution in [1.29, 1.82) is 0 Å². The van der Waals surface area contributed by atoms with Gasteiger partial charge in [-0.15, -0.1) is 11.3 Å². The number of anilines is 2. The van der Waals surface area contributed by atoms with Crippen LogP contribution in [0, 0.1) is 0 Å². The van der Waals surface area contributed by atoms with Crippen molar-refractivity contribution in [3.8, 4) is 0 Å². The lowest BCUT2D eigenvalue weighted by Crippen LogP contribution is -2.28. The number of amides is 3. The summed E-state index contributed by atoms with van der Waals surface area (Å²) >= 11 is 1.36. The molecule has 8 heteroatoms. The van der Waals surface area contributed by atoms with E-state index in [2.05, 4.69) is 10.6 Å². The standard InChI is InChI=1S/C21H19N3O4S/c25-19(5-8-22-20(26)18-2-1-11-29-18)23-16-3-4-17-14(12-16)6-9-24(17)21(27)15-7-10-28-13-15/h1-4,7,10-13H,5-6,8-9H2,(H,22,26)(H,23,25). The molecule has 29 heavy (non-hydrogen) atoms. The smallest absolute Gasteiger partial charge is 0.261 e. The third-order valence-corrected chi connectivity index (χ3v) is 5.52. The Kier molecular flexibility index (Phi) is 5.44. The van der Waals surface area contributed by atoms with Crippen LogP contribution in [-0.4, -0.2) is 30.8 Å². The molecule has 0 unspecified atom stereocenters. The zero-order valence-corrected chi connectivity index (χ0v) is 16.3. The Bertz CT molecular complexity index is 1030. The van der Waals surface area contributed by atoms with E-state index >= 15 is 0 Å². The molecule has 1 aliphatic heterocycles. The van der Waals surface area contributed by atoms with E-state index in [9.17, 15) is 14.4 Å². The van der Waals surface area contributed by atoms with Crippen LogP contribution in [0.15, 0.2) is 58.7 Å². The minimum Gasteiger partial charge on any atom is -0.472 e. The van der Waals surface area contributed by atoms with Crippen molar-refractivity contribution in [3.05, 3.63) is 70.3 Å². The molecule has 0 saturated heterocycles. The fourth-order valence-electron chi connectivity index (χ4n) is 3.24. The first-order chi connectivity index (χ1) is 14.1. The van der Waals surface area contributed by atoms with Gasteiger partial charge in [0.2, 0.25) is 5.91 Å². The maximum atomic E-state index is 12.6. The summed E-state index contributed by atoms with van der Waals surface area (Å²) in [5, 5.41) is 7.41. The summed E-state index contributed by atoms with van der Waals surface area (Å²) in [4.78, 5) is 38.9. The molecule has 0 atom stereocenters. The lowest BCUT2D eigenvalue weighted by molar-refractivity contribution is -0.116. The van der Waals surface area contributed by atoms with Crippen LogP contribution in [0.3, 0.4) is 0 Å². The highest BCUT2D eigenvalue weighted by molar-refractivity contribution is 7.12. The van der Waals surface area contributed by atoms with Gasteiger partial charge in [0.15, 0.2) is 0 Å². The van der Waals surface area contributed by atoms with Crippen molar-refractivity contribution in [2.45, 2.75) is 12.8 Å². The van der Waals surface area contributed by atoms with E-state index in [1.807, 2.05) is 23.6 Å². The summed E-state index contributed by atoms with van der Waals surface area (Å²) in [5.41, 5.74) is 3.04. The lowest BCUT2D eigenvalue weighted by Gasteiger charge is -2.16. The first kappa shape index (κ1) is 18.9. The zero-order chi connectivity index (χ0) is 20.2. The molecule has 0 spiro atoms.